The summed E-state index contributed by atoms with van der Waals surface area (Å²) < 4.78 is 5.23. The van der Waals surface area contributed by atoms with Gasteiger partial charge in [-0.1, -0.05) is 18.2 Å². The van der Waals surface area contributed by atoms with Gasteiger partial charge in [0.25, 0.3) is 5.91 Å². The summed E-state index contributed by atoms with van der Waals surface area (Å²) in [6.07, 6.45) is 0. The molecule has 6 heteroatoms. The summed E-state index contributed by atoms with van der Waals surface area (Å²) >= 11 is 0. The number of hydrogen-bond acceptors (Lipinski definition) is 3. The molecule has 2 aromatic carbocycles. The van der Waals surface area contributed by atoms with E-state index in [0.29, 0.717) is 6.54 Å². The van der Waals surface area contributed by atoms with Crippen LogP contribution < -0.4 is 20.3 Å². The van der Waals surface area contributed by atoms with Crippen LogP contribution in [0.15, 0.2) is 36.4 Å². The van der Waals surface area contributed by atoms with Crippen LogP contribution in [0.4, 0.5) is 4.79 Å². The topological polar surface area (TPSA) is 71.9 Å². The molecule has 128 valence electrons. The van der Waals surface area contributed by atoms with E-state index in [9.17, 15) is 9.59 Å². The van der Waals surface area contributed by atoms with Crippen LogP contribution in [0.5, 0.6) is 5.75 Å². The Balaban J connectivity index is 2.08. The number of hydrogen-bond donors (Lipinski definition) is 3. The lowest BCUT2D eigenvalue weighted by atomic mass is 10.1. The third-order valence-corrected chi connectivity index (χ3v) is 4.19. The number of fused-ring (bicyclic) bond motifs is 1. The Labute approximate surface area is 141 Å². The fourth-order valence-electron chi connectivity index (χ4n) is 2.49. The lowest BCUT2D eigenvalue weighted by Gasteiger charge is -2.21. The van der Waals surface area contributed by atoms with Crippen LogP contribution in [-0.4, -0.2) is 39.2 Å². The number of imide groups is 1. The maximum absolute atomic E-state index is 12.0. The fourth-order valence-corrected chi connectivity index (χ4v) is 2.49. The minimum absolute atomic E-state index is 0.294. The normalized spacial score (nSPS) is 13.2. The van der Waals surface area contributed by atoms with Crippen LogP contribution in [0.3, 0.4) is 0 Å². The summed E-state index contributed by atoms with van der Waals surface area (Å²) in [7, 11) is 5.07. The number of quaternary nitrogens is 1. The summed E-state index contributed by atoms with van der Waals surface area (Å²) in [5, 5.41) is 6.93. The Morgan fingerprint density at radius 1 is 1.17 bits per heavy atom. The molecule has 0 aliphatic rings. The molecule has 0 aliphatic heterocycles. The molecule has 0 aliphatic carbocycles. The van der Waals surface area contributed by atoms with Crippen molar-refractivity contribution in [1.29, 1.82) is 0 Å². The summed E-state index contributed by atoms with van der Waals surface area (Å²) in [6.45, 7) is 2.49. The van der Waals surface area contributed by atoms with Gasteiger partial charge in [-0.2, -0.15) is 0 Å². The van der Waals surface area contributed by atoms with Crippen molar-refractivity contribution >= 4 is 22.7 Å². The first-order valence-electron chi connectivity index (χ1n) is 7.86. The van der Waals surface area contributed by atoms with E-state index in [4.69, 9.17) is 4.74 Å². The van der Waals surface area contributed by atoms with Gasteiger partial charge in [-0.3, -0.25) is 10.1 Å². The number of carbonyl (C=O) groups excluding carboxylic acids is 2. The van der Waals surface area contributed by atoms with Crippen molar-refractivity contribution in [3.8, 4) is 5.75 Å². The molecule has 0 fully saturated rings. The third-order valence-electron chi connectivity index (χ3n) is 4.19. The molecule has 3 amide bonds. The van der Waals surface area contributed by atoms with Crippen LogP contribution in [-0.2, 0) is 11.3 Å². The summed E-state index contributed by atoms with van der Waals surface area (Å²) in [5.41, 5.74) is 1.13. The number of amides is 3. The molecule has 2 rings (SSSR count). The van der Waals surface area contributed by atoms with Crippen molar-refractivity contribution in [2.75, 3.05) is 21.2 Å². The number of urea groups is 1. The Kier molecular flexibility index (Phi) is 5.76. The molecule has 0 bridgehead atoms. The van der Waals surface area contributed by atoms with Gasteiger partial charge in [-0.05, 0) is 35.9 Å². The average molecular weight is 330 g/mol. The van der Waals surface area contributed by atoms with Gasteiger partial charge in [0.05, 0.1) is 14.2 Å². The Bertz CT molecular complexity index is 745. The molecule has 0 saturated heterocycles. The van der Waals surface area contributed by atoms with E-state index in [0.717, 1.165) is 27.0 Å². The largest absolute Gasteiger partial charge is 0.497 e. The highest BCUT2D eigenvalue weighted by Gasteiger charge is 2.23. The molecule has 0 radical (unpaired) electrons. The van der Waals surface area contributed by atoms with E-state index in [1.54, 1.807) is 14.0 Å². The van der Waals surface area contributed by atoms with Crippen LogP contribution >= 0.6 is 0 Å². The maximum Gasteiger partial charge on any atom is 0.321 e. The third kappa shape index (κ3) is 4.23. The van der Waals surface area contributed by atoms with Crippen LogP contribution in [0, 0.1) is 0 Å². The van der Waals surface area contributed by atoms with Gasteiger partial charge in [-0.15, -0.1) is 0 Å². The van der Waals surface area contributed by atoms with Crippen molar-refractivity contribution in [1.82, 2.24) is 10.6 Å². The monoisotopic (exact) mass is 330 g/mol. The van der Waals surface area contributed by atoms with E-state index >= 15 is 0 Å². The number of benzene rings is 2. The lowest BCUT2D eigenvalue weighted by Crippen LogP contribution is -3.12. The quantitative estimate of drug-likeness (QED) is 0.756. The maximum atomic E-state index is 12.0. The second kappa shape index (κ2) is 7.79. The van der Waals surface area contributed by atoms with Gasteiger partial charge in [0.2, 0.25) is 0 Å². The average Bonchev–Trinajstić information content (AvgIpc) is 2.60. The molecule has 2 aromatic rings. The fraction of sp³-hybridized carbons (Fsp3) is 0.333. The summed E-state index contributed by atoms with van der Waals surface area (Å²) in [6, 6.07) is 11.3. The molecular weight excluding hydrogens is 306 g/mol. The van der Waals surface area contributed by atoms with E-state index in [2.05, 4.69) is 28.8 Å². The van der Waals surface area contributed by atoms with Gasteiger partial charge in [-0.25, -0.2) is 4.79 Å². The van der Waals surface area contributed by atoms with Gasteiger partial charge in [0, 0.05) is 12.6 Å². The first-order chi connectivity index (χ1) is 11.4. The molecule has 2 atom stereocenters. The van der Waals surface area contributed by atoms with Crippen LogP contribution in [0.1, 0.15) is 12.5 Å². The first-order valence-corrected chi connectivity index (χ1v) is 7.86. The Morgan fingerprint density at radius 3 is 2.50 bits per heavy atom. The lowest BCUT2D eigenvalue weighted by molar-refractivity contribution is -0.908. The Morgan fingerprint density at radius 2 is 1.83 bits per heavy atom. The zero-order chi connectivity index (χ0) is 17.7. The number of ether oxygens (including phenoxy) is 1. The minimum Gasteiger partial charge on any atom is -0.497 e. The predicted molar refractivity (Wildman–Crippen MR) is 93.2 cm³/mol. The molecular formula is C18H24N3O3+. The first kappa shape index (κ1) is 17.7. The van der Waals surface area contributed by atoms with Crippen molar-refractivity contribution in [2.45, 2.75) is 19.5 Å². The number of carbonyl (C=O) groups is 2. The van der Waals surface area contributed by atoms with Gasteiger partial charge >= 0.3 is 6.03 Å². The highest BCUT2D eigenvalue weighted by atomic mass is 16.5. The Hall–Kier alpha value is -2.60. The van der Waals surface area contributed by atoms with Gasteiger partial charge in [0.15, 0.2) is 6.04 Å². The smallest absolute Gasteiger partial charge is 0.321 e. The number of methoxy groups -OCH3 is 1. The van der Waals surface area contributed by atoms with Crippen molar-refractivity contribution in [3.63, 3.8) is 0 Å². The molecule has 1 unspecified atom stereocenters. The molecule has 0 saturated carbocycles. The molecule has 0 heterocycles. The number of nitrogens with one attached hydrogen (secondary N) is 3. The van der Waals surface area contributed by atoms with E-state index in [1.807, 2.05) is 25.2 Å². The second-order valence-corrected chi connectivity index (χ2v) is 5.86. The standard InChI is InChI=1S/C18H23N3O3/c1-12(17(22)20-18(23)19-2)21(3)11-13-5-6-15-10-16(24-4)8-7-14(15)9-13/h5-10,12H,11H2,1-4H3,(H2,19,20,22,23)/p+1/t12-/m1/s1. The zero-order valence-electron chi connectivity index (χ0n) is 14.5. The van der Waals surface area contributed by atoms with E-state index < -0.39 is 6.03 Å². The second-order valence-electron chi connectivity index (χ2n) is 5.86. The van der Waals surface area contributed by atoms with E-state index in [1.165, 1.54) is 7.05 Å². The highest BCUT2D eigenvalue weighted by molar-refractivity contribution is 5.96. The molecule has 3 N–H and O–H groups in total. The number of likely N-dealkylation sites (N-methyl/N-ethyl adjacent to an activating group) is 1. The predicted octanol–water partition coefficient (Wildman–Crippen LogP) is 0.707. The van der Waals surface area contributed by atoms with Crippen LogP contribution in [0.2, 0.25) is 0 Å². The summed E-state index contributed by atoms with van der Waals surface area (Å²) in [4.78, 5) is 24.3. The molecule has 24 heavy (non-hydrogen) atoms. The van der Waals surface area contributed by atoms with Crippen molar-refractivity contribution in [2.24, 2.45) is 0 Å². The van der Waals surface area contributed by atoms with Crippen molar-refractivity contribution < 1.29 is 19.2 Å². The van der Waals surface area contributed by atoms with Crippen LogP contribution in [0.25, 0.3) is 10.8 Å². The van der Waals surface area contributed by atoms with Gasteiger partial charge < -0.3 is 15.0 Å². The highest BCUT2D eigenvalue weighted by Crippen LogP contribution is 2.21. The summed E-state index contributed by atoms with van der Waals surface area (Å²) in [5.74, 6) is 0.537. The zero-order valence-corrected chi connectivity index (χ0v) is 14.5. The minimum atomic E-state index is -0.487. The van der Waals surface area contributed by atoms with Gasteiger partial charge in [0.1, 0.15) is 12.3 Å². The molecule has 6 nitrogen and oxygen atoms in total. The van der Waals surface area contributed by atoms with E-state index in [-0.39, 0.29) is 11.9 Å². The molecule has 0 spiro atoms. The number of rotatable bonds is 5. The van der Waals surface area contributed by atoms with Crippen molar-refractivity contribution in [3.05, 3.63) is 42.0 Å². The SMILES string of the molecule is CNC(=O)NC(=O)[C@@H](C)[NH+](C)Cc1ccc2cc(OC)ccc2c1. The molecule has 0 aromatic heterocycles.